The van der Waals surface area contributed by atoms with Gasteiger partial charge in [-0.1, -0.05) is 81.9 Å². The van der Waals surface area contributed by atoms with Gasteiger partial charge in [0.05, 0.1) is 16.4 Å². The Morgan fingerprint density at radius 3 is 2.22 bits per heavy atom. The van der Waals surface area contributed by atoms with Crippen molar-refractivity contribution < 1.29 is 57.8 Å². The number of anilines is 3. The maximum atomic E-state index is 13.9. The maximum absolute atomic E-state index is 13.9. The number of carboxylic acids is 1. The number of aromatic nitrogens is 4. The molecule has 5 heterocycles. The van der Waals surface area contributed by atoms with Gasteiger partial charge in [0.2, 0.25) is 23.6 Å². The fourth-order valence-corrected chi connectivity index (χ4v) is 17.2. The highest BCUT2D eigenvalue weighted by atomic mass is 32.1. The largest absolute Gasteiger partial charge is 0.476 e. The Bertz CT molecular complexity index is 4080. The molecule has 0 saturated heterocycles. The lowest BCUT2D eigenvalue weighted by molar-refractivity contribution is -0.174. The molecule has 98 heavy (non-hydrogen) atoms. The van der Waals surface area contributed by atoms with E-state index >= 15 is 0 Å². The van der Waals surface area contributed by atoms with Crippen LogP contribution in [-0.2, 0) is 59.6 Å². The Balaban J connectivity index is 0.665. The zero-order valence-corrected chi connectivity index (χ0v) is 56.5. The highest BCUT2D eigenvalue weighted by molar-refractivity contribution is 7.22. The highest BCUT2D eigenvalue weighted by Crippen LogP contribution is 2.71. The third-order valence-electron chi connectivity index (χ3n) is 19.5. The first-order valence-electron chi connectivity index (χ1n) is 33.3. The van der Waals surface area contributed by atoms with Crippen LogP contribution in [0.3, 0.4) is 0 Å². The number of carboxylic acid groups (broad SMARTS) is 1. The molecule has 2 aliphatic heterocycles. The van der Waals surface area contributed by atoms with Crippen LogP contribution in [0, 0.1) is 29.1 Å². The minimum Gasteiger partial charge on any atom is -0.476 e. The molecule has 2 unspecified atom stereocenters. The number of hydrogen-bond acceptors (Lipinski definition) is 16. The van der Waals surface area contributed by atoms with E-state index in [-0.39, 0.29) is 103 Å². The number of fused-ring (bicyclic) bond motifs is 2. The van der Waals surface area contributed by atoms with E-state index in [0.29, 0.717) is 90.6 Å². The SMILES string of the molecule is Cc1c(-c2ccc(N3CCc4cccc(C(=O)Nc5nc6ccccc6s5)c4C3)nc2C(=O)O)cnn1CC12CC3(C)CC(C)(C1)CC(NC(=O)CNC(=O)OCc1ccc(NC(=O)[C@H](CCCNC(N)=O)NC(=O)[C@@H](NC(=O)CCCCCN4C(=O)C=CC4=O)C(C)C)cc1)(C3)C2. The quantitative estimate of drug-likeness (QED) is 0.0166. The number of amides is 10. The summed E-state index contributed by atoms with van der Waals surface area (Å²) in [4.78, 5) is 142. The van der Waals surface area contributed by atoms with Crippen LogP contribution in [0.1, 0.15) is 148 Å². The number of alkyl carbamates (subject to hydrolysis) is 1. The number of imide groups is 1. The summed E-state index contributed by atoms with van der Waals surface area (Å²) in [6.45, 7) is 11.4. The minimum atomic E-state index is -1.18. The number of pyridine rings is 1. The number of urea groups is 1. The van der Waals surface area contributed by atoms with Crippen molar-refractivity contribution in [2.75, 3.05) is 41.7 Å². The number of hydrogen-bond donors (Lipinski definition) is 9. The van der Waals surface area contributed by atoms with Gasteiger partial charge in [0.25, 0.3) is 17.7 Å². The van der Waals surface area contributed by atoms with Crippen LogP contribution in [0.15, 0.2) is 97.2 Å². The number of nitrogens with zero attached hydrogens (tertiary/aromatic N) is 6. The number of thiazole rings is 1. The van der Waals surface area contributed by atoms with E-state index in [1.807, 2.05) is 59.0 Å². The van der Waals surface area contributed by atoms with Gasteiger partial charge in [-0.15, -0.1) is 0 Å². The first kappa shape index (κ1) is 69.3. The van der Waals surface area contributed by atoms with E-state index in [2.05, 4.69) is 56.0 Å². The normalized spacial score (nSPS) is 21.1. The number of aromatic carboxylic acids is 1. The molecule has 12 rings (SSSR count). The molecule has 0 radical (unpaired) electrons. The Labute approximate surface area is 571 Å². The molecule has 6 aliphatic rings. The van der Waals surface area contributed by atoms with Crippen LogP contribution in [0.5, 0.6) is 0 Å². The predicted molar refractivity (Wildman–Crippen MR) is 366 cm³/mol. The summed E-state index contributed by atoms with van der Waals surface area (Å²) in [5.41, 5.74) is 10.2. The average molecular weight is 1360 g/mol. The van der Waals surface area contributed by atoms with Crippen molar-refractivity contribution in [3.8, 4) is 11.1 Å². The number of unbranched alkanes of at least 4 members (excludes halogenated alkanes) is 2. The molecule has 10 N–H and O–H groups in total. The number of nitrogens with one attached hydrogen (secondary N) is 7. The van der Waals surface area contributed by atoms with E-state index in [4.69, 9.17) is 20.6 Å². The van der Waals surface area contributed by atoms with Gasteiger partial charge in [-0.25, -0.2) is 24.4 Å². The van der Waals surface area contributed by atoms with Gasteiger partial charge in [-0.3, -0.25) is 48.5 Å². The molecule has 27 heteroatoms. The lowest BCUT2D eigenvalue weighted by atomic mass is 9.38. The number of nitrogens with two attached hydrogens (primary N) is 1. The van der Waals surface area contributed by atoms with Crippen molar-refractivity contribution in [1.29, 1.82) is 0 Å². The Hall–Kier alpha value is -10.1. The predicted octanol–water partition coefficient (Wildman–Crippen LogP) is 8.04. The Kier molecular flexibility index (Phi) is 20.5. The first-order valence-corrected chi connectivity index (χ1v) is 34.2. The molecule has 6 aromatic rings. The Morgan fingerprint density at radius 2 is 1.51 bits per heavy atom. The van der Waals surface area contributed by atoms with Crippen LogP contribution in [0.4, 0.5) is 26.2 Å². The molecule has 4 saturated carbocycles. The molecule has 0 spiro atoms. The van der Waals surface area contributed by atoms with E-state index in [9.17, 15) is 53.1 Å². The van der Waals surface area contributed by atoms with Gasteiger partial charge in [0.15, 0.2) is 10.8 Å². The molecule has 4 atom stereocenters. The van der Waals surface area contributed by atoms with E-state index < -0.39 is 47.5 Å². The van der Waals surface area contributed by atoms with Crippen LogP contribution in [0.2, 0.25) is 0 Å². The van der Waals surface area contributed by atoms with Crippen molar-refractivity contribution in [2.45, 2.75) is 155 Å². The number of ether oxygens (including phenoxy) is 1. The van der Waals surface area contributed by atoms with Gasteiger partial charge >= 0.3 is 18.1 Å². The summed E-state index contributed by atoms with van der Waals surface area (Å²) in [7, 11) is 0. The highest BCUT2D eigenvalue weighted by Gasteiger charge is 2.66. The topological polar surface area (TPSA) is 360 Å². The van der Waals surface area contributed by atoms with Gasteiger partial charge in [-0.2, -0.15) is 5.10 Å². The number of carbonyl (C=O) groups is 10. The van der Waals surface area contributed by atoms with Crippen molar-refractivity contribution in [3.63, 3.8) is 0 Å². The minimum absolute atomic E-state index is 0.0946. The zero-order chi connectivity index (χ0) is 69.7. The maximum Gasteiger partial charge on any atom is 0.407 e. The van der Waals surface area contributed by atoms with Crippen LogP contribution in [-0.4, -0.2) is 133 Å². The van der Waals surface area contributed by atoms with Gasteiger partial charge in [0.1, 0.15) is 31.1 Å². The van der Waals surface area contributed by atoms with Crippen molar-refractivity contribution in [3.05, 3.63) is 131 Å². The number of benzene rings is 3. The fourth-order valence-electron chi connectivity index (χ4n) is 16.3. The summed E-state index contributed by atoms with van der Waals surface area (Å²) in [6, 6.07) is 20.7. The number of carbonyl (C=O) groups excluding carboxylic acids is 9. The monoisotopic (exact) mass is 1360 g/mol. The van der Waals surface area contributed by atoms with Crippen molar-refractivity contribution in [2.24, 2.45) is 27.9 Å². The molecule has 516 valence electrons. The second-order valence-electron chi connectivity index (χ2n) is 28.1. The van der Waals surface area contributed by atoms with E-state index in [1.165, 1.54) is 23.5 Å². The second kappa shape index (κ2) is 29.0. The summed E-state index contributed by atoms with van der Waals surface area (Å²) >= 11 is 1.41. The standard InChI is InChI=1S/C71H84N14O12S/c1-42(2)59(80-55(86)18-7-6-10-29-84-57(88)25-26-58(84)89)63(92)77-52(16-12-28-73-65(72)95)62(91)76-46-21-19-44(20-22-46)34-97-67(96)74-32-56(87)82-71-38-68(4)35-69(5,39-71)37-70(36-68,40-71)41-85-43(3)49(31-75-85)47-23-24-54(79-60(47)64(93)94)83-30-27-45-13-11-14-48(50(45)33-83)61(90)81-66-78-51-15-8-9-17-53(51)98-66/h8-9,11,13-15,17,19-26,31,42,52,59H,6-7,10,12,16,18,27-30,32-41H2,1-5H3,(H,74,96)(H,76,91)(H,77,92)(H,80,86)(H,82,87)(H,93,94)(H3,72,73,95)(H,78,81,90)/t52-,59-,68?,69?,70?,71?/m0/s1. The molecule has 26 nitrogen and oxygen atoms in total. The summed E-state index contributed by atoms with van der Waals surface area (Å²) in [6.07, 6.45) is 11.1. The van der Waals surface area contributed by atoms with E-state index in [0.717, 1.165) is 64.0 Å². The lowest BCUT2D eigenvalue weighted by Crippen LogP contribution is -2.69. The molecule has 4 bridgehead atoms. The third kappa shape index (κ3) is 16.2. The third-order valence-corrected chi connectivity index (χ3v) is 20.4. The van der Waals surface area contributed by atoms with Gasteiger partial charge in [0, 0.05) is 84.9 Å². The van der Waals surface area contributed by atoms with Crippen LogP contribution in [0.25, 0.3) is 21.3 Å². The number of primary amides is 1. The molecule has 4 fully saturated rings. The summed E-state index contributed by atoms with van der Waals surface area (Å²) < 4.78 is 8.45. The second-order valence-corrected chi connectivity index (χ2v) is 29.1. The van der Waals surface area contributed by atoms with Crippen LogP contribution < -0.4 is 47.9 Å². The molecule has 3 aromatic carbocycles. The molecular weight excluding hydrogens is 1270 g/mol. The smallest absolute Gasteiger partial charge is 0.407 e. The summed E-state index contributed by atoms with van der Waals surface area (Å²) in [5, 5.41) is 35.9. The molecule has 10 amide bonds. The molecule has 3 aromatic heterocycles. The lowest BCUT2D eigenvalue weighted by Gasteiger charge is -2.69. The number of para-hydroxylation sites is 1. The Morgan fingerprint density at radius 1 is 0.765 bits per heavy atom. The van der Waals surface area contributed by atoms with E-state index in [1.54, 1.807) is 56.4 Å². The fraction of sp³-hybridized carbons (Fsp3) is 0.451. The van der Waals surface area contributed by atoms with Crippen LogP contribution >= 0.6 is 11.3 Å². The average Bonchev–Trinajstić information content (AvgIpc) is 0.744. The molecular formula is C71H84N14O12S. The molecule has 4 aliphatic carbocycles. The van der Waals surface area contributed by atoms with Crippen molar-refractivity contribution >= 4 is 97.6 Å². The van der Waals surface area contributed by atoms with Gasteiger partial charge < -0.3 is 52.4 Å². The van der Waals surface area contributed by atoms with Crippen molar-refractivity contribution in [1.82, 2.24) is 51.2 Å². The van der Waals surface area contributed by atoms with Gasteiger partial charge in [-0.05, 0) is 159 Å². The zero-order valence-electron chi connectivity index (χ0n) is 55.7. The first-order chi connectivity index (χ1) is 46.8. The summed E-state index contributed by atoms with van der Waals surface area (Å²) in [5.74, 6) is -3.94. The number of rotatable bonds is 28.